The Morgan fingerprint density at radius 1 is 0.926 bits per heavy atom. The maximum atomic E-state index is 13.0. The zero-order valence-corrected chi connectivity index (χ0v) is 15.4. The topological polar surface area (TPSA) is 52.7 Å². The molecule has 1 saturated heterocycles. The van der Waals surface area contributed by atoms with Gasteiger partial charge >= 0.3 is 0 Å². The van der Waals surface area contributed by atoms with Crippen molar-refractivity contribution in [2.24, 2.45) is 5.92 Å². The molecule has 1 saturated carbocycles. The van der Waals surface area contributed by atoms with Crippen LogP contribution in [0.3, 0.4) is 0 Å². The summed E-state index contributed by atoms with van der Waals surface area (Å²) in [7, 11) is 0. The van der Waals surface area contributed by atoms with Gasteiger partial charge in [-0.2, -0.15) is 0 Å². The summed E-state index contributed by atoms with van der Waals surface area (Å²) in [6.07, 6.45) is 4.81. The van der Waals surface area contributed by atoms with Crippen molar-refractivity contribution >= 4 is 23.2 Å². The summed E-state index contributed by atoms with van der Waals surface area (Å²) in [6, 6.07) is 19.8. The first-order valence-corrected chi connectivity index (χ1v) is 9.72. The van der Waals surface area contributed by atoms with Gasteiger partial charge in [-0.15, -0.1) is 0 Å². The number of likely N-dealkylation sites (tertiary alicyclic amines) is 1. The molecule has 5 nitrogen and oxygen atoms in total. The Labute approximate surface area is 159 Å². The second-order valence-corrected chi connectivity index (χ2v) is 7.37. The van der Waals surface area contributed by atoms with Crippen LogP contribution in [0.5, 0.6) is 0 Å². The Morgan fingerprint density at radius 3 is 2.04 bits per heavy atom. The van der Waals surface area contributed by atoms with Crippen LogP contribution in [-0.4, -0.2) is 29.3 Å². The standard InChI is InChI=1S/C22H25N3O2/c26-21-15-17(16-24(21)18-9-7-8-10-18)22(27)23-25(19-11-3-1-4-12-19)20-13-5-2-6-14-20/h1-6,11-14,17-18H,7-10,15-16H2,(H,23,27)/t17-/m0/s1. The van der Waals surface area contributed by atoms with Gasteiger partial charge in [-0.25, -0.2) is 0 Å². The molecule has 1 aliphatic heterocycles. The molecule has 140 valence electrons. The first-order chi connectivity index (χ1) is 13.2. The molecular formula is C22H25N3O2. The molecule has 4 rings (SSSR count). The number of nitrogens with zero attached hydrogens (tertiary/aromatic N) is 2. The maximum absolute atomic E-state index is 13.0. The molecule has 2 amide bonds. The molecule has 0 unspecified atom stereocenters. The summed E-state index contributed by atoms with van der Waals surface area (Å²) in [5.74, 6) is -0.280. The van der Waals surface area contributed by atoms with E-state index in [0.29, 0.717) is 19.0 Å². The Bertz CT molecular complexity index is 748. The highest BCUT2D eigenvalue weighted by Crippen LogP contribution is 2.30. The van der Waals surface area contributed by atoms with Crippen LogP contribution < -0.4 is 10.4 Å². The molecule has 2 aromatic rings. The van der Waals surface area contributed by atoms with Gasteiger partial charge in [0.25, 0.3) is 0 Å². The number of hydrazine groups is 1. The quantitative estimate of drug-likeness (QED) is 0.825. The van der Waals surface area contributed by atoms with Crippen molar-refractivity contribution in [1.82, 2.24) is 10.3 Å². The molecule has 0 spiro atoms. The number of benzene rings is 2. The summed E-state index contributed by atoms with van der Waals surface area (Å²) in [5, 5.41) is 1.80. The summed E-state index contributed by atoms with van der Waals surface area (Å²) < 4.78 is 0. The summed E-state index contributed by atoms with van der Waals surface area (Å²) in [5.41, 5.74) is 4.81. The maximum Gasteiger partial charge on any atom is 0.244 e. The van der Waals surface area contributed by atoms with Crippen LogP contribution in [0, 0.1) is 5.92 Å². The molecule has 1 atom stereocenters. The van der Waals surface area contributed by atoms with Gasteiger partial charge in [0, 0.05) is 19.0 Å². The highest BCUT2D eigenvalue weighted by molar-refractivity contribution is 5.90. The van der Waals surface area contributed by atoms with Crippen molar-refractivity contribution in [2.75, 3.05) is 11.6 Å². The lowest BCUT2D eigenvalue weighted by atomic mass is 10.1. The van der Waals surface area contributed by atoms with Gasteiger partial charge in [0.2, 0.25) is 11.8 Å². The van der Waals surface area contributed by atoms with E-state index in [4.69, 9.17) is 0 Å². The Kier molecular flexibility index (Phi) is 5.10. The summed E-state index contributed by atoms with van der Waals surface area (Å²) in [4.78, 5) is 27.3. The lowest BCUT2D eigenvalue weighted by Crippen LogP contribution is -2.43. The largest absolute Gasteiger partial charge is 0.339 e. The van der Waals surface area contributed by atoms with Gasteiger partial charge in [0.05, 0.1) is 17.3 Å². The second kappa shape index (κ2) is 7.82. The number of hydrogen-bond acceptors (Lipinski definition) is 3. The molecule has 27 heavy (non-hydrogen) atoms. The molecule has 0 radical (unpaired) electrons. The average Bonchev–Trinajstić information content (AvgIpc) is 3.37. The van der Waals surface area contributed by atoms with Crippen molar-refractivity contribution < 1.29 is 9.59 Å². The smallest absolute Gasteiger partial charge is 0.244 e. The van der Waals surface area contributed by atoms with Crippen LogP contribution in [0.2, 0.25) is 0 Å². The van der Waals surface area contributed by atoms with E-state index < -0.39 is 0 Å². The number of anilines is 2. The van der Waals surface area contributed by atoms with Crippen LogP contribution in [-0.2, 0) is 9.59 Å². The predicted octanol–water partition coefficient (Wildman–Crippen LogP) is 3.65. The van der Waals surface area contributed by atoms with Gasteiger partial charge in [-0.05, 0) is 37.1 Å². The fourth-order valence-corrected chi connectivity index (χ4v) is 4.11. The molecule has 2 aromatic carbocycles. The van der Waals surface area contributed by atoms with E-state index in [1.165, 1.54) is 12.8 Å². The molecule has 2 fully saturated rings. The van der Waals surface area contributed by atoms with Gasteiger partial charge in [-0.3, -0.25) is 20.0 Å². The molecule has 0 aromatic heterocycles. The van der Waals surface area contributed by atoms with E-state index in [-0.39, 0.29) is 17.7 Å². The number of carbonyl (C=O) groups is 2. The number of para-hydroxylation sites is 2. The SMILES string of the molecule is O=C(NN(c1ccccc1)c1ccccc1)[C@H]1CC(=O)N(C2CCCC2)C1. The number of amides is 2. The van der Waals surface area contributed by atoms with Crippen molar-refractivity contribution in [2.45, 2.75) is 38.1 Å². The minimum absolute atomic E-state index is 0.100. The lowest BCUT2D eigenvalue weighted by molar-refractivity contribution is -0.130. The number of carbonyl (C=O) groups excluding carboxylic acids is 2. The van der Waals surface area contributed by atoms with Crippen LogP contribution >= 0.6 is 0 Å². The molecule has 1 aliphatic carbocycles. The van der Waals surface area contributed by atoms with E-state index in [1.54, 1.807) is 5.01 Å². The molecule has 5 heteroatoms. The summed E-state index contributed by atoms with van der Waals surface area (Å²) in [6.45, 7) is 0.534. The van der Waals surface area contributed by atoms with Crippen molar-refractivity contribution in [3.63, 3.8) is 0 Å². The van der Waals surface area contributed by atoms with Crippen molar-refractivity contribution in [1.29, 1.82) is 0 Å². The van der Waals surface area contributed by atoms with Gasteiger partial charge in [0.1, 0.15) is 0 Å². The minimum atomic E-state index is -0.298. The van der Waals surface area contributed by atoms with Gasteiger partial charge < -0.3 is 4.90 Å². The third kappa shape index (κ3) is 3.82. The van der Waals surface area contributed by atoms with Crippen LogP contribution in [0.15, 0.2) is 60.7 Å². The Hall–Kier alpha value is -2.82. The second-order valence-electron chi connectivity index (χ2n) is 7.37. The average molecular weight is 363 g/mol. The summed E-state index contributed by atoms with van der Waals surface area (Å²) >= 11 is 0. The van der Waals surface area contributed by atoms with E-state index in [2.05, 4.69) is 5.43 Å². The highest BCUT2D eigenvalue weighted by atomic mass is 16.2. The van der Waals surface area contributed by atoms with E-state index in [0.717, 1.165) is 24.2 Å². The van der Waals surface area contributed by atoms with Crippen molar-refractivity contribution in [3.8, 4) is 0 Å². The van der Waals surface area contributed by atoms with Crippen molar-refractivity contribution in [3.05, 3.63) is 60.7 Å². The fourth-order valence-electron chi connectivity index (χ4n) is 4.11. The minimum Gasteiger partial charge on any atom is -0.339 e. The Morgan fingerprint density at radius 2 is 1.48 bits per heavy atom. The third-order valence-corrected chi connectivity index (χ3v) is 5.55. The van der Waals surface area contributed by atoms with Crippen LogP contribution in [0.1, 0.15) is 32.1 Å². The van der Waals surface area contributed by atoms with Gasteiger partial charge in [-0.1, -0.05) is 49.2 Å². The zero-order chi connectivity index (χ0) is 18.6. The normalized spacial score (nSPS) is 20.1. The first-order valence-electron chi connectivity index (χ1n) is 9.72. The van der Waals surface area contributed by atoms with Crippen LogP contribution in [0.25, 0.3) is 0 Å². The van der Waals surface area contributed by atoms with E-state index in [9.17, 15) is 9.59 Å². The van der Waals surface area contributed by atoms with Crippen LogP contribution in [0.4, 0.5) is 11.4 Å². The molecule has 1 N–H and O–H groups in total. The zero-order valence-electron chi connectivity index (χ0n) is 15.4. The van der Waals surface area contributed by atoms with E-state index in [1.807, 2.05) is 65.6 Å². The molecule has 0 bridgehead atoms. The highest BCUT2D eigenvalue weighted by Gasteiger charge is 2.39. The lowest BCUT2D eigenvalue weighted by Gasteiger charge is -2.27. The number of nitrogens with one attached hydrogen (secondary N) is 1. The molecule has 2 aliphatic rings. The monoisotopic (exact) mass is 363 g/mol. The number of hydrogen-bond donors (Lipinski definition) is 1. The fraction of sp³-hybridized carbons (Fsp3) is 0.364. The molecular weight excluding hydrogens is 338 g/mol. The molecule has 1 heterocycles. The predicted molar refractivity (Wildman–Crippen MR) is 105 cm³/mol. The van der Waals surface area contributed by atoms with Gasteiger partial charge in [0.15, 0.2) is 0 Å². The third-order valence-electron chi connectivity index (χ3n) is 5.55. The Balaban J connectivity index is 1.50. The van der Waals surface area contributed by atoms with E-state index >= 15 is 0 Å². The first kappa shape index (κ1) is 17.6. The number of rotatable bonds is 5.